The van der Waals surface area contributed by atoms with E-state index in [9.17, 15) is 9.18 Å². The summed E-state index contributed by atoms with van der Waals surface area (Å²) in [6.45, 7) is 2.05. The van der Waals surface area contributed by atoms with Crippen LogP contribution < -0.4 is 5.32 Å². The molecule has 0 heterocycles. The van der Waals surface area contributed by atoms with Crippen molar-refractivity contribution >= 4 is 17.5 Å². The molecule has 0 aromatic heterocycles. The molecule has 1 amide bonds. The highest BCUT2D eigenvalue weighted by Gasteiger charge is 2.10. The zero-order valence-electron chi connectivity index (χ0n) is 12.2. The number of amides is 1. The third-order valence-electron chi connectivity index (χ3n) is 3.20. The van der Waals surface area contributed by atoms with Crippen LogP contribution in [0, 0.1) is 5.82 Å². The quantitative estimate of drug-likeness (QED) is 0.877. The Morgan fingerprint density at radius 1 is 1.23 bits per heavy atom. The maximum absolute atomic E-state index is 12.9. The molecule has 2 aromatic rings. The number of hydrogen-bond acceptors (Lipinski definition) is 2. The van der Waals surface area contributed by atoms with Crippen molar-refractivity contribution in [3.63, 3.8) is 0 Å². The molecule has 0 aliphatic heterocycles. The summed E-state index contributed by atoms with van der Waals surface area (Å²) < 4.78 is 18.2. The molecule has 0 unspecified atom stereocenters. The summed E-state index contributed by atoms with van der Waals surface area (Å²) in [6, 6.07) is 13.1. The van der Waals surface area contributed by atoms with Gasteiger partial charge in [0.1, 0.15) is 12.4 Å². The SMILES string of the molecule is C[C@@H](NC(=O)COCc1ccccc1Cl)c1ccc(F)cc1. The highest BCUT2D eigenvalue weighted by molar-refractivity contribution is 6.31. The lowest BCUT2D eigenvalue weighted by atomic mass is 10.1. The van der Waals surface area contributed by atoms with Crippen molar-refractivity contribution in [2.45, 2.75) is 19.6 Å². The molecular weight excluding hydrogens is 305 g/mol. The van der Waals surface area contributed by atoms with Gasteiger partial charge in [0.15, 0.2) is 0 Å². The Kier molecular flexibility index (Phi) is 5.92. The molecule has 0 spiro atoms. The van der Waals surface area contributed by atoms with Crippen molar-refractivity contribution in [3.05, 3.63) is 70.5 Å². The Hall–Kier alpha value is -1.91. The predicted octanol–water partition coefficient (Wildman–Crippen LogP) is 3.87. The Bertz CT molecular complexity index is 631. The minimum Gasteiger partial charge on any atom is -0.367 e. The zero-order valence-corrected chi connectivity index (χ0v) is 12.9. The smallest absolute Gasteiger partial charge is 0.246 e. The molecule has 5 heteroatoms. The Morgan fingerprint density at radius 3 is 2.59 bits per heavy atom. The largest absolute Gasteiger partial charge is 0.367 e. The highest BCUT2D eigenvalue weighted by Crippen LogP contribution is 2.16. The van der Waals surface area contributed by atoms with Crippen LogP contribution in [0.15, 0.2) is 48.5 Å². The molecule has 0 fully saturated rings. The number of benzene rings is 2. The van der Waals surface area contributed by atoms with Crippen molar-refractivity contribution in [2.75, 3.05) is 6.61 Å². The summed E-state index contributed by atoms with van der Waals surface area (Å²) >= 11 is 6.01. The lowest BCUT2D eigenvalue weighted by Crippen LogP contribution is -2.30. The number of ether oxygens (including phenoxy) is 1. The lowest BCUT2D eigenvalue weighted by molar-refractivity contribution is -0.126. The zero-order chi connectivity index (χ0) is 15.9. The number of carbonyl (C=O) groups excluding carboxylic acids is 1. The van der Waals surface area contributed by atoms with Crippen LogP contribution >= 0.6 is 11.6 Å². The summed E-state index contributed by atoms with van der Waals surface area (Å²) in [4.78, 5) is 11.8. The van der Waals surface area contributed by atoms with E-state index in [1.54, 1.807) is 18.2 Å². The van der Waals surface area contributed by atoms with E-state index in [0.29, 0.717) is 5.02 Å². The van der Waals surface area contributed by atoms with Gasteiger partial charge in [-0.05, 0) is 36.2 Å². The second kappa shape index (κ2) is 7.92. The molecule has 3 nitrogen and oxygen atoms in total. The first-order valence-electron chi connectivity index (χ1n) is 6.92. The highest BCUT2D eigenvalue weighted by atomic mass is 35.5. The number of halogens is 2. The van der Waals surface area contributed by atoms with E-state index in [4.69, 9.17) is 16.3 Å². The van der Waals surface area contributed by atoms with Gasteiger partial charge < -0.3 is 10.1 Å². The fourth-order valence-corrected chi connectivity index (χ4v) is 2.18. The maximum Gasteiger partial charge on any atom is 0.246 e. The third-order valence-corrected chi connectivity index (χ3v) is 3.56. The van der Waals surface area contributed by atoms with Crippen molar-refractivity contribution < 1.29 is 13.9 Å². The van der Waals surface area contributed by atoms with Gasteiger partial charge in [-0.2, -0.15) is 0 Å². The summed E-state index contributed by atoms with van der Waals surface area (Å²) in [5.41, 5.74) is 1.67. The average Bonchev–Trinajstić information content (AvgIpc) is 2.50. The van der Waals surface area contributed by atoms with Gasteiger partial charge >= 0.3 is 0 Å². The van der Waals surface area contributed by atoms with Gasteiger partial charge in [0.05, 0.1) is 12.6 Å². The number of hydrogen-bond donors (Lipinski definition) is 1. The minimum atomic E-state index is -0.301. The summed E-state index contributed by atoms with van der Waals surface area (Å²) in [6.07, 6.45) is 0. The third kappa shape index (κ3) is 4.83. The van der Waals surface area contributed by atoms with Gasteiger partial charge in [-0.15, -0.1) is 0 Å². The van der Waals surface area contributed by atoms with Crippen LogP contribution in [0.3, 0.4) is 0 Å². The molecule has 0 bridgehead atoms. The van der Waals surface area contributed by atoms with Gasteiger partial charge in [0.2, 0.25) is 5.91 Å². The predicted molar refractivity (Wildman–Crippen MR) is 84.1 cm³/mol. The van der Waals surface area contributed by atoms with Gasteiger partial charge in [-0.1, -0.05) is 41.9 Å². The second-order valence-corrected chi connectivity index (χ2v) is 5.33. The monoisotopic (exact) mass is 321 g/mol. The van der Waals surface area contributed by atoms with Crippen LogP contribution in [-0.4, -0.2) is 12.5 Å². The normalized spacial score (nSPS) is 12.0. The van der Waals surface area contributed by atoms with E-state index < -0.39 is 0 Å². The van der Waals surface area contributed by atoms with Crippen LogP contribution in [0.1, 0.15) is 24.1 Å². The first kappa shape index (κ1) is 16.5. The molecular formula is C17H17ClFNO2. The molecule has 2 rings (SSSR count). The van der Waals surface area contributed by atoms with Crippen LogP contribution in [-0.2, 0) is 16.1 Å². The molecule has 0 aliphatic rings. The van der Waals surface area contributed by atoms with E-state index in [1.165, 1.54) is 12.1 Å². The summed E-state index contributed by atoms with van der Waals surface area (Å²) in [5.74, 6) is -0.533. The van der Waals surface area contributed by atoms with Gasteiger partial charge in [0, 0.05) is 5.02 Å². The maximum atomic E-state index is 12.9. The van der Waals surface area contributed by atoms with E-state index in [2.05, 4.69) is 5.32 Å². The van der Waals surface area contributed by atoms with Crippen molar-refractivity contribution in [2.24, 2.45) is 0 Å². The fourth-order valence-electron chi connectivity index (χ4n) is 1.99. The van der Waals surface area contributed by atoms with Gasteiger partial charge in [-0.25, -0.2) is 4.39 Å². The minimum absolute atomic E-state index is 0.0588. The standard InChI is InChI=1S/C17H17ClFNO2/c1-12(13-6-8-15(19)9-7-13)20-17(21)11-22-10-14-4-2-3-5-16(14)18/h2-9,12H,10-11H2,1H3,(H,20,21)/t12-/m1/s1. The van der Waals surface area contributed by atoms with Crippen LogP contribution in [0.5, 0.6) is 0 Å². The Morgan fingerprint density at radius 2 is 1.91 bits per heavy atom. The van der Waals surface area contributed by atoms with Gasteiger partial charge in [-0.3, -0.25) is 4.79 Å². The number of carbonyl (C=O) groups is 1. The van der Waals surface area contributed by atoms with Crippen molar-refractivity contribution in [3.8, 4) is 0 Å². The number of rotatable bonds is 6. The Balaban J connectivity index is 1.78. The molecule has 1 atom stereocenters. The van der Waals surface area contributed by atoms with Gasteiger partial charge in [0.25, 0.3) is 0 Å². The molecule has 0 saturated carbocycles. The molecule has 0 aliphatic carbocycles. The molecule has 1 N–H and O–H groups in total. The molecule has 116 valence electrons. The second-order valence-electron chi connectivity index (χ2n) is 4.92. The first-order chi connectivity index (χ1) is 10.6. The first-order valence-corrected chi connectivity index (χ1v) is 7.30. The van der Waals surface area contributed by atoms with Crippen molar-refractivity contribution in [1.29, 1.82) is 0 Å². The molecule has 0 radical (unpaired) electrons. The fraction of sp³-hybridized carbons (Fsp3) is 0.235. The summed E-state index contributed by atoms with van der Waals surface area (Å²) in [7, 11) is 0. The summed E-state index contributed by atoms with van der Waals surface area (Å²) in [5, 5.41) is 3.41. The van der Waals surface area contributed by atoms with Crippen LogP contribution in [0.25, 0.3) is 0 Å². The molecule has 0 saturated heterocycles. The average molecular weight is 322 g/mol. The topological polar surface area (TPSA) is 38.3 Å². The van der Waals surface area contributed by atoms with E-state index in [0.717, 1.165) is 11.1 Å². The van der Waals surface area contributed by atoms with E-state index in [-0.39, 0.29) is 31.0 Å². The van der Waals surface area contributed by atoms with Crippen LogP contribution in [0.2, 0.25) is 5.02 Å². The lowest BCUT2D eigenvalue weighted by Gasteiger charge is -2.14. The number of nitrogens with one attached hydrogen (secondary N) is 1. The molecule has 22 heavy (non-hydrogen) atoms. The Labute approximate surface area is 134 Å². The van der Waals surface area contributed by atoms with Crippen molar-refractivity contribution in [1.82, 2.24) is 5.32 Å². The van der Waals surface area contributed by atoms with E-state index in [1.807, 2.05) is 25.1 Å². The van der Waals surface area contributed by atoms with E-state index >= 15 is 0 Å². The van der Waals surface area contributed by atoms with Crippen LogP contribution in [0.4, 0.5) is 4.39 Å². The molecule has 2 aromatic carbocycles.